The second kappa shape index (κ2) is 6.39. The molecular formula is C13H14BrClN2O3S. The number of hydrogen-bond donors (Lipinski definition) is 1. The summed E-state index contributed by atoms with van der Waals surface area (Å²) in [4.78, 5) is 0. The van der Waals surface area contributed by atoms with Crippen LogP contribution in [-0.2, 0) is 16.6 Å². The topological polar surface area (TPSA) is 62.6 Å². The lowest BCUT2D eigenvalue weighted by molar-refractivity contribution is 0.402. The van der Waals surface area contributed by atoms with Crippen LogP contribution < -0.4 is 5.32 Å². The van der Waals surface area contributed by atoms with E-state index >= 15 is 0 Å². The minimum Gasteiger partial charge on any atom is -0.446 e. The first-order valence-corrected chi connectivity index (χ1v) is 8.62. The standard InChI is InChI=1S/C13H14BrClN2O3S/c1-17(2)21(18,19)13-6-4-10(20-13)8-16-9-3-5-11(14)12(15)7-9/h3-7,16H,8H2,1-2H3. The molecule has 0 aliphatic carbocycles. The van der Waals surface area contributed by atoms with Gasteiger partial charge in [0.1, 0.15) is 5.76 Å². The fraction of sp³-hybridized carbons (Fsp3) is 0.231. The molecule has 0 unspecified atom stereocenters. The first-order valence-electron chi connectivity index (χ1n) is 6.01. The zero-order valence-corrected chi connectivity index (χ0v) is 14.6. The van der Waals surface area contributed by atoms with E-state index in [9.17, 15) is 8.42 Å². The number of sulfonamides is 1. The van der Waals surface area contributed by atoms with Crippen LogP contribution in [0.2, 0.25) is 5.02 Å². The van der Waals surface area contributed by atoms with E-state index in [-0.39, 0.29) is 5.09 Å². The first kappa shape index (κ1) is 16.4. The van der Waals surface area contributed by atoms with Crippen LogP contribution in [0.4, 0.5) is 5.69 Å². The average molecular weight is 394 g/mol. The summed E-state index contributed by atoms with van der Waals surface area (Å²) in [6.45, 7) is 0.362. The van der Waals surface area contributed by atoms with Crippen molar-refractivity contribution < 1.29 is 12.8 Å². The van der Waals surface area contributed by atoms with Crippen molar-refractivity contribution in [3.05, 3.63) is 45.6 Å². The molecule has 21 heavy (non-hydrogen) atoms. The van der Waals surface area contributed by atoms with E-state index in [0.717, 1.165) is 14.5 Å². The number of nitrogens with zero attached hydrogens (tertiary/aromatic N) is 1. The summed E-state index contributed by atoms with van der Waals surface area (Å²) in [5.74, 6) is 0.523. The van der Waals surface area contributed by atoms with Crippen LogP contribution in [0.5, 0.6) is 0 Å². The normalized spacial score (nSPS) is 11.9. The summed E-state index contributed by atoms with van der Waals surface area (Å²) in [7, 11) is -0.624. The van der Waals surface area contributed by atoms with Gasteiger partial charge in [0.25, 0.3) is 10.0 Å². The Hall–Kier alpha value is -1.02. The van der Waals surface area contributed by atoms with E-state index in [1.54, 1.807) is 12.1 Å². The molecular weight excluding hydrogens is 380 g/mol. The molecule has 0 aliphatic heterocycles. The van der Waals surface area contributed by atoms with Crippen LogP contribution in [0, 0.1) is 0 Å². The second-order valence-electron chi connectivity index (χ2n) is 4.49. The van der Waals surface area contributed by atoms with Crippen LogP contribution in [-0.4, -0.2) is 26.8 Å². The van der Waals surface area contributed by atoms with Gasteiger partial charge in [-0.05, 0) is 46.3 Å². The highest BCUT2D eigenvalue weighted by molar-refractivity contribution is 9.10. The molecule has 1 aromatic carbocycles. The predicted octanol–water partition coefficient (Wildman–Crippen LogP) is 3.56. The minimum atomic E-state index is -3.54. The number of nitrogens with one attached hydrogen (secondary N) is 1. The Morgan fingerprint density at radius 2 is 2.00 bits per heavy atom. The molecule has 0 atom stereocenters. The SMILES string of the molecule is CN(C)S(=O)(=O)c1ccc(CNc2ccc(Br)c(Cl)c2)o1. The van der Waals surface area contributed by atoms with Crippen LogP contribution in [0.1, 0.15) is 5.76 Å². The molecule has 0 spiro atoms. The number of benzene rings is 1. The van der Waals surface area contributed by atoms with Gasteiger partial charge in [-0.3, -0.25) is 0 Å². The molecule has 0 fully saturated rings. The lowest BCUT2D eigenvalue weighted by atomic mass is 10.3. The Balaban J connectivity index is 2.08. The Morgan fingerprint density at radius 1 is 1.29 bits per heavy atom. The van der Waals surface area contributed by atoms with E-state index < -0.39 is 10.0 Å². The van der Waals surface area contributed by atoms with Gasteiger partial charge < -0.3 is 9.73 Å². The van der Waals surface area contributed by atoms with Crippen molar-refractivity contribution in [2.75, 3.05) is 19.4 Å². The van der Waals surface area contributed by atoms with Gasteiger partial charge in [0.05, 0.1) is 11.6 Å². The Morgan fingerprint density at radius 3 is 2.62 bits per heavy atom. The van der Waals surface area contributed by atoms with Crippen LogP contribution in [0.3, 0.4) is 0 Å². The summed E-state index contributed by atoms with van der Waals surface area (Å²) in [6, 6.07) is 8.53. The molecule has 8 heteroatoms. The summed E-state index contributed by atoms with van der Waals surface area (Å²) < 4.78 is 31.1. The molecule has 0 bridgehead atoms. The highest BCUT2D eigenvalue weighted by atomic mass is 79.9. The number of hydrogen-bond acceptors (Lipinski definition) is 4. The molecule has 0 radical (unpaired) electrons. The van der Waals surface area contributed by atoms with Crippen molar-refractivity contribution in [3.63, 3.8) is 0 Å². The molecule has 0 aliphatic rings. The summed E-state index contributed by atoms with van der Waals surface area (Å²) in [6.07, 6.45) is 0. The maximum atomic E-state index is 11.9. The molecule has 1 N–H and O–H groups in total. The van der Waals surface area contributed by atoms with Crippen molar-refractivity contribution in [2.24, 2.45) is 0 Å². The quantitative estimate of drug-likeness (QED) is 0.844. The molecule has 0 saturated heterocycles. The molecule has 1 aromatic heterocycles. The number of furan rings is 1. The first-order chi connectivity index (χ1) is 9.80. The van der Waals surface area contributed by atoms with Crippen LogP contribution in [0.25, 0.3) is 0 Å². The Labute approximate surface area is 137 Å². The van der Waals surface area contributed by atoms with Gasteiger partial charge in [-0.15, -0.1) is 0 Å². The highest BCUT2D eigenvalue weighted by Gasteiger charge is 2.21. The van der Waals surface area contributed by atoms with E-state index in [1.165, 1.54) is 20.2 Å². The Bertz CT molecular complexity index is 744. The smallest absolute Gasteiger partial charge is 0.275 e. The number of halogens is 2. The van der Waals surface area contributed by atoms with Gasteiger partial charge in [0.2, 0.25) is 5.09 Å². The fourth-order valence-electron chi connectivity index (χ4n) is 1.57. The molecule has 5 nitrogen and oxygen atoms in total. The van der Waals surface area contributed by atoms with Gasteiger partial charge in [-0.2, -0.15) is 0 Å². The molecule has 0 amide bonds. The van der Waals surface area contributed by atoms with Crippen LogP contribution >= 0.6 is 27.5 Å². The Kier molecular flexibility index (Phi) is 4.98. The maximum Gasteiger partial charge on any atom is 0.275 e. The van der Waals surface area contributed by atoms with Gasteiger partial charge in [0, 0.05) is 24.3 Å². The van der Waals surface area contributed by atoms with E-state index in [1.807, 2.05) is 12.1 Å². The lowest BCUT2D eigenvalue weighted by Gasteiger charge is -2.08. The molecule has 114 valence electrons. The van der Waals surface area contributed by atoms with E-state index in [4.69, 9.17) is 16.0 Å². The third kappa shape index (κ3) is 3.79. The van der Waals surface area contributed by atoms with Gasteiger partial charge in [-0.25, -0.2) is 12.7 Å². The molecule has 0 saturated carbocycles. The monoisotopic (exact) mass is 392 g/mol. The number of rotatable bonds is 5. The van der Waals surface area contributed by atoms with Crippen molar-refractivity contribution in [1.29, 1.82) is 0 Å². The highest BCUT2D eigenvalue weighted by Crippen LogP contribution is 2.26. The van der Waals surface area contributed by atoms with E-state index in [2.05, 4.69) is 21.2 Å². The second-order valence-corrected chi connectivity index (χ2v) is 7.83. The van der Waals surface area contributed by atoms with Gasteiger partial charge >= 0.3 is 0 Å². The zero-order valence-electron chi connectivity index (χ0n) is 11.4. The molecule has 2 rings (SSSR count). The molecule has 1 heterocycles. The lowest BCUT2D eigenvalue weighted by Crippen LogP contribution is -2.21. The van der Waals surface area contributed by atoms with Crippen molar-refractivity contribution >= 4 is 43.2 Å². The van der Waals surface area contributed by atoms with Crippen molar-refractivity contribution in [2.45, 2.75) is 11.6 Å². The summed E-state index contributed by atoms with van der Waals surface area (Å²) in [5, 5.41) is 3.64. The largest absolute Gasteiger partial charge is 0.446 e. The predicted molar refractivity (Wildman–Crippen MR) is 86.1 cm³/mol. The third-order valence-corrected chi connectivity index (χ3v) is 5.68. The van der Waals surface area contributed by atoms with Gasteiger partial charge in [0.15, 0.2) is 0 Å². The maximum absolute atomic E-state index is 11.9. The third-order valence-electron chi connectivity index (χ3n) is 2.76. The summed E-state index contributed by atoms with van der Waals surface area (Å²) in [5.41, 5.74) is 0.816. The zero-order chi connectivity index (χ0) is 15.6. The fourth-order valence-corrected chi connectivity index (χ4v) is 2.81. The van der Waals surface area contributed by atoms with Crippen molar-refractivity contribution in [1.82, 2.24) is 4.31 Å². The number of anilines is 1. The van der Waals surface area contributed by atoms with E-state index in [0.29, 0.717) is 17.3 Å². The van der Waals surface area contributed by atoms with Gasteiger partial charge in [-0.1, -0.05) is 11.6 Å². The average Bonchev–Trinajstić information content (AvgIpc) is 2.89. The minimum absolute atomic E-state index is 0.0712. The summed E-state index contributed by atoms with van der Waals surface area (Å²) >= 11 is 9.31. The molecule has 2 aromatic rings. The van der Waals surface area contributed by atoms with Crippen LogP contribution in [0.15, 0.2) is 44.3 Å². The van der Waals surface area contributed by atoms with Crippen molar-refractivity contribution in [3.8, 4) is 0 Å².